The predicted octanol–water partition coefficient (Wildman–Crippen LogP) is 2.07. The Hall–Kier alpha value is -3.15. The van der Waals surface area contributed by atoms with E-state index in [9.17, 15) is 4.79 Å². The van der Waals surface area contributed by atoms with Crippen molar-refractivity contribution in [2.45, 2.75) is 25.3 Å². The highest BCUT2D eigenvalue weighted by Crippen LogP contribution is 2.31. The van der Waals surface area contributed by atoms with Gasteiger partial charge in [0.05, 0.1) is 22.9 Å². The molecule has 1 aliphatic rings. The van der Waals surface area contributed by atoms with Gasteiger partial charge in [0.25, 0.3) is 5.56 Å². The Bertz CT molecular complexity index is 1050. The zero-order valence-electron chi connectivity index (χ0n) is 14.0. The second-order valence-electron chi connectivity index (χ2n) is 6.44. The number of nitrogens with zero attached hydrogens (tertiary/aromatic N) is 4. The third-order valence-electron chi connectivity index (χ3n) is 4.77. The molecule has 1 unspecified atom stereocenters. The lowest BCUT2D eigenvalue weighted by atomic mass is 9.84. The van der Waals surface area contributed by atoms with Gasteiger partial charge in [-0.3, -0.25) is 4.79 Å². The molecule has 3 aromatic rings. The molecule has 0 radical (unpaired) electrons. The molecule has 4 rings (SSSR count). The summed E-state index contributed by atoms with van der Waals surface area (Å²) in [5.74, 6) is 5.89. The minimum absolute atomic E-state index is 0.189. The van der Waals surface area contributed by atoms with Crippen LogP contribution in [0.4, 0.5) is 0 Å². The minimum atomic E-state index is -0.268. The van der Waals surface area contributed by atoms with Gasteiger partial charge in [-0.05, 0) is 31.0 Å². The molecule has 25 heavy (non-hydrogen) atoms. The molecule has 0 spiro atoms. The molecule has 0 aliphatic heterocycles. The molecule has 1 aromatic carbocycles. The number of benzene rings is 1. The van der Waals surface area contributed by atoms with E-state index in [-0.39, 0.29) is 11.1 Å². The van der Waals surface area contributed by atoms with Crippen LogP contribution in [-0.2, 0) is 12.0 Å². The van der Waals surface area contributed by atoms with Crippen LogP contribution in [0.15, 0.2) is 66.0 Å². The summed E-state index contributed by atoms with van der Waals surface area (Å²) in [6, 6.07) is 5.88. The monoisotopic (exact) mass is 333 g/mol. The molecule has 1 atom stereocenters. The van der Waals surface area contributed by atoms with Gasteiger partial charge in [0.1, 0.15) is 5.69 Å². The average Bonchev–Trinajstić information content (AvgIpc) is 3.16. The zero-order chi connectivity index (χ0) is 17.4. The summed E-state index contributed by atoms with van der Waals surface area (Å²) in [5.41, 5.74) is 2.44. The van der Waals surface area contributed by atoms with Crippen LogP contribution < -0.4 is 11.4 Å². The van der Waals surface area contributed by atoms with Crippen LogP contribution in [0, 0.1) is 6.92 Å². The van der Waals surface area contributed by atoms with Crippen molar-refractivity contribution < 1.29 is 0 Å². The van der Waals surface area contributed by atoms with Gasteiger partial charge >= 0.3 is 0 Å². The highest BCUT2D eigenvalue weighted by molar-refractivity contribution is 5.75. The smallest absolute Gasteiger partial charge is 0.290 e. The number of nitrogen functional groups attached to an aromatic ring is 1. The Kier molecular flexibility index (Phi) is 3.53. The van der Waals surface area contributed by atoms with Crippen molar-refractivity contribution in [1.82, 2.24) is 19.2 Å². The van der Waals surface area contributed by atoms with Crippen molar-refractivity contribution in [3.63, 3.8) is 0 Å². The van der Waals surface area contributed by atoms with Crippen molar-refractivity contribution in [2.24, 2.45) is 0 Å². The zero-order valence-corrected chi connectivity index (χ0v) is 14.0. The Morgan fingerprint density at radius 2 is 2.20 bits per heavy atom. The lowest BCUT2D eigenvalue weighted by Crippen LogP contribution is -2.33. The molecule has 0 saturated carbocycles. The van der Waals surface area contributed by atoms with Crippen molar-refractivity contribution in [2.75, 3.05) is 5.84 Å². The average molecular weight is 333 g/mol. The summed E-state index contributed by atoms with van der Waals surface area (Å²) in [7, 11) is 0. The molecule has 0 fully saturated rings. The quantitative estimate of drug-likeness (QED) is 0.744. The van der Waals surface area contributed by atoms with Crippen LogP contribution in [0.2, 0.25) is 0 Å². The Balaban J connectivity index is 1.79. The molecular weight excluding hydrogens is 314 g/mol. The second kappa shape index (κ2) is 5.73. The number of allylic oxidation sites excluding steroid dienone is 4. The fraction of sp³-hybridized carbons (Fsp3) is 0.211. The van der Waals surface area contributed by atoms with E-state index < -0.39 is 0 Å². The first kappa shape index (κ1) is 15.4. The molecule has 0 amide bonds. The minimum Gasteiger partial charge on any atom is -0.336 e. The Labute approximate surface area is 144 Å². The Morgan fingerprint density at radius 1 is 1.32 bits per heavy atom. The topological polar surface area (TPSA) is 78.7 Å². The van der Waals surface area contributed by atoms with Crippen LogP contribution in [0.1, 0.15) is 17.7 Å². The molecule has 1 aliphatic carbocycles. The lowest BCUT2D eigenvalue weighted by molar-refractivity contribution is 0.367. The fourth-order valence-electron chi connectivity index (χ4n) is 3.43. The molecule has 2 aromatic heterocycles. The van der Waals surface area contributed by atoms with Gasteiger partial charge in [0.15, 0.2) is 0 Å². The lowest BCUT2D eigenvalue weighted by Gasteiger charge is -2.33. The maximum Gasteiger partial charge on any atom is 0.290 e. The first-order valence-electron chi connectivity index (χ1n) is 8.19. The highest BCUT2D eigenvalue weighted by Gasteiger charge is 2.29. The van der Waals surface area contributed by atoms with Crippen LogP contribution >= 0.6 is 0 Å². The second-order valence-corrected chi connectivity index (χ2v) is 6.44. The van der Waals surface area contributed by atoms with E-state index in [1.54, 1.807) is 13.1 Å². The number of aryl methyl sites for hydroxylation is 1. The molecule has 2 heterocycles. The molecular formula is C19H19N5O. The third-order valence-corrected chi connectivity index (χ3v) is 4.77. The van der Waals surface area contributed by atoms with Crippen LogP contribution in [-0.4, -0.2) is 19.2 Å². The predicted molar refractivity (Wildman–Crippen MR) is 97.7 cm³/mol. The molecule has 0 saturated heterocycles. The van der Waals surface area contributed by atoms with E-state index >= 15 is 0 Å². The number of hydrogen-bond acceptors (Lipinski definition) is 4. The maximum atomic E-state index is 11.9. The van der Waals surface area contributed by atoms with E-state index in [0.29, 0.717) is 11.2 Å². The summed E-state index contributed by atoms with van der Waals surface area (Å²) in [4.78, 5) is 20.6. The van der Waals surface area contributed by atoms with E-state index in [0.717, 1.165) is 28.6 Å². The molecule has 126 valence electrons. The first-order chi connectivity index (χ1) is 12.1. The summed E-state index contributed by atoms with van der Waals surface area (Å²) >= 11 is 0. The largest absolute Gasteiger partial charge is 0.336 e. The van der Waals surface area contributed by atoms with Crippen molar-refractivity contribution in [3.05, 3.63) is 82.8 Å². The van der Waals surface area contributed by atoms with Gasteiger partial charge < -0.3 is 10.4 Å². The van der Waals surface area contributed by atoms with Crippen LogP contribution in [0.25, 0.3) is 11.0 Å². The number of hydrogen-bond donors (Lipinski definition) is 1. The summed E-state index contributed by atoms with van der Waals surface area (Å²) in [6.07, 6.45) is 15.8. The third kappa shape index (κ3) is 2.55. The van der Waals surface area contributed by atoms with Crippen molar-refractivity contribution in [1.29, 1.82) is 0 Å². The van der Waals surface area contributed by atoms with Gasteiger partial charge in [0.2, 0.25) is 0 Å². The standard InChI is InChI=1S/C19H19N5O/c1-14-18(25)24(20)17-6-5-15(11-16(17)22-14)12-19(7-3-2-4-8-19)23-10-9-21-13-23/h2-7,9-11,13H,8,12,20H2,1H3. The van der Waals surface area contributed by atoms with Gasteiger partial charge in [-0.2, -0.15) is 0 Å². The van der Waals surface area contributed by atoms with E-state index in [4.69, 9.17) is 5.84 Å². The number of fused-ring (bicyclic) bond motifs is 1. The fourth-order valence-corrected chi connectivity index (χ4v) is 3.43. The van der Waals surface area contributed by atoms with E-state index in [1.165, 1.54) is 0 Å². The number of rotatable bonds is 3. The molecule has 6 nitrogen and oxygen atoms in total. The van der Waals surface area contributed by atoms with Crippen LogP contribution in [0.5, 0.6) is 0 Å². The van der Waals surface area contributed by atoms with E-state index in [2.05, 4.69) is 38.8 Å². The van der Waals surface area contributed by atoms with E-state index in [1.807, 2.05) is 30.7 Å². The first-order valence-corrected chi connectivity index (χ1v) is 8.19. The summed E-state index contributed by atoms with van der Waals surface area (Å²) in [6.45, 7) is 1.68. The van der Waals surface area contributed by atoms with Gasteiger partial charge in [0, 0.05) is 18.8 Å². The van der Waals surface area contributed by atoms with Gasteiger partial charge in [-0.1, -0.05) is 30.4 Å². The number of nitrogens with two attached hydrogens (primary N) is 1. The van der Waals surface area contributed by atoms with Crippen molar-refractivity contribution in [3.8, 4) is 0 Å². The number of imidazole rings is 1. The maximum absolute atomic E-state index is 11.9. The highest BCUT2D eigenvalue weighted by atomic mass is 16.1. The Morgan fingerprint density at radius 3 is 2.92 bits per heavy atom. The summed E-state index contributed by atoms with van der Waals surface area (Å²) < 4.78 is 3.30. The normalized spacial score (nSPS) is 19.6. The van der Waals surface area contributed by atoms with Crippen molar-refractivity contribution >= 4 is 11.0 Å². The SMILES string of the molecule is Cc1nc2cc(CC3(n4ccnc4)C=CC=CC3)ccc2n(N)c1=O. The molecule has 0 bridgehead atoms. The summed E-state index contributed by atoms with van der Waals surface area (Å²) in [5, 5.41) is 0. The van der Waals surface area contributed by atoms with Gasteiger partial charge in [-0.15, -0.1) is 0 Å². The molecule has 2 N–H and O–H groups in total. The van der Waals surface area contributed by atoms with Crippen LogP contribution in [0.3, 0.4) is 0 Å². The molecule has 6 heteroatoms. The van der Waals surface area contributed by atoms with Gasteiger partial charge in [-0.25, -0.2) is 14.6 Å². The number of aromatic nitrogens is 4.